The van der Waals surface area contributed by atoms with Gasteiger partial charge in [0.15, 0.2) is 0 Å². The van der Waals surface area contributed by atoms with Crippen molar-refractivity contribution in [2.45, 2.75) is 19.4 Å². The zero-order chi connectivity index (χ0) is 19.2. The molecule has 2 aromatic rings. The summed E-state index contributed by atoms with van der Waals surface area (Å²) in [6, 6.07) is 11.3. The number of hydrogen-bond acceptors (Lipinski definition) is 5. The molecule has 1 atom stereocenters. The topological polar surface area (TPSA) is 97.5 Å². The van der Waals surface area contributed by atoms with E-state index in [9.17, 15) is 9.59 Å². The van der Waals surface area contributed by atoms with Crippen LogP contribution in [0, 0.1) is 5.92 Å². The lowest BCUT2D eigenvalue weighted by Crippen LogP contribution is -2.41. The van der Waals surface area contributed by atoms with Gasteiger partial charge < -0.3 is 20.7 Å². The molecule has 1 aliphatic rings. The third-order valence-corrected chi connectivity index (χ3v) is 4.79. The Kier molecular flexibility index (Phi) is 5.90. The van der Waals surface area contributed by atoms with Gasteiger partial charge in [0.2, 0.25) is 11.8 Å². The summed E-state index contributed by atoms with van der Waals surface area (Å²) in [6.07, 6.45) is 3.31. The van der Waals surface area contributed by atoms with Crippen molar-refractivity contribution >= 4 is 17.5 Å². The van der Waals surface area contributed by atoms with Crippen molar-refractivity contribution in [2.75, 3.05) is 25.1 Å². The summed E-state index contributed by atoms with van der Waals surface area (Å²) in [5, 5.41) is 2.88. The van der Waals surface area contributed by atoms with E-state index >= 15 is 0 Å². The molecule has 0 unspecified atom stereocenters. The number of aromatic nitrogens is 1. The van der Waals surface area contributed by atoms with Gasteiger partial charge >= 0.3 is 0 Å². The summed E-state index contributed by atoms with van der Waals surface area (Å²) in [7, 11) is 1.53. The number of benzene rings is 1. The lowest BCUT2D eigenvalue weighted by molar-refractivity contribution is -0.122. The number of pyridine rings is 1. The zero-order valence-electron chi connectivity index (χ0n) is 15.4. The first-order chi connectivity index (χ1) is 13.1. The predicted octanol–water partition coefficient (Wildman–Crippen LogP) is 1.72. The van der Waals surface area contributed by atoms with Gasteiger partial charge in [0.05, 0.1) is 18.6 Å². The number of methoxy groups -OCH3 is 1. The second-order valence-corrected chi connectivity index (χ2v) is 6.63. The molecule has 0 radical (unpaired) electrons. The lowest BCUT2D eigenvalue weighted by Gasteiger charge is -2.33. The van der Waals surface area contributed by atoms with Gasteiger partial charge in [-0.15, -0.1) is 0 Å². The van der Waals surface area contributed by atoms with Gasteiger partial charge in [-0.2, -0.15) is 0 Å². The summed E-state index contributed by atoms with van der Waals surface area (Å²) in [5.74, 6) is -0.0316. The highest BCUT2D eigenvalue weighted by Crippen LogP contribution is 2.23. The third kappa shape index (κ3) is 4.75. The molecule has 0 aliphatic carbocycles. The minimum absolute atomic E-state index is 0.0872. The van der Waals surface area contributed by atoms with E-state index in [4.69, 9.17) is 10.5 Å². The molecule has 3 rings (SSSR count). The quantitative estimate of drug-likeness (QED) is 0.809. The van der Waals surface area contributed by atoms with E-state index in [2.05, 4.69) is 15.2 Å². The van der Waals surface area contributed by atoms with E-state index in [-0.39, 0.29) is 17.7 Å². The first-order valence-electron chi connectivity index (χ1n) is 8.98. The first-order valence-corrected chi connectivity index (χ1v) is 8.98. The number of nitrogens with one attached hydrogen (secondary N) is 1. The average Bonchev–Trinajstić information content (AvgIpc) is 2.72. The smallest absolute Gasteiger partial charge is 0.253 e. The Morgan fingerprint density at radius 2 is 2.04 bits per heavy atom. The Bertz CT molecular complexity index is 790. The fraction of sp³-hybridized carbons (Fsp3) is 0.350. The second kappa shape index (κ2) is 8.53. The van der Waals surface area contributed by atoms with Crippen LogP contribution < -0.4 is 20.7 Å². The maximum absolute atomic E-state index is 12.2. The lowest BCUT2D eigenvalue weighted by atomic mass is 9.97. The highest BCUT2D eigenvalue weighted by molar-refractivity contribution is 5.93. The number of ether oxygens (including phenoxy) is 1. The number of primary amides is 1. The molecular formula is C20H24N4O3. The standard InChI is InChI=1S/C20H24N4O3/c1-27-18-9-6-15(12-22-18)20(26)23-11-14-4-7-17(8-5-14)24-10-2-3-16(13-24)19(21)25/h4-9,12,16H,2-3,10-11,13H2,1H3,(H2,21,25)(H,23,26)/t16-/m0/s1. The normalized spacial score (nSPS) is 16.6. The minimum atomic E-state index is -0.230. The molecule has 1 fully saturated rings. The van der Waals surface area contributed by atoms with Gasteiger partial charge in [0.25, 0.3) is 5.91 Å². The molecule has 1 aliphatic heterocycles. The Hall–Kier alpha value is -3.09. The van der Waals surface area contributed by atoms with Crippen LogP contribution in [0.1, 0.15) is 28.8 Å². The predicted molar refractivity (Wildman–Crippen MR) is 103 cm³/mol. The summed E-state index contributed by atoms with van der Waals surface area (Å²) in [5.41, 5.74) is 7.99. The van der Waals surface area contributed by atoms with Crippen molar-refractivity contribution in [3.63, 3.8) is 0 Å². The minimum Gasteiger partial charge on any atom is -0.481 e. The van der Waals surface area contributed by atoms with Crippen molar-refractivity contribution in [2.24, 2.45) is 11.7 Å². The van der Waals surface area contributed by atoms with Crippen molar-refractivity contribution < 1.29 is 14.3 Å². The number of carbonyl (C=O) groups excluding carboxylic acids is 2. The van der Waals surface area contributed by atoms with E-state index in [1.807, 2.05) is 24.3 Å². The van der Waals surface area contributed by atoms with Crippen LogP contribution in [-0.2, 0) is 11.3 Å². The Labute approximate surface area is 158 Å². The fourth-order valence-corrected chi connectivity index (χ4v) is 3.19. The van der Waals surface area contributed by atoms with Gasteiger partial charge in [-0.05, 0) is 36.6 Å². The van der Waals surface area contributed by atoms with Crippen LogP contribution in [0.2, 0.25) is 0 Å². The van der Waals surface area contributed by atoms with Crippen molar-refractivity contribution in [1.29, 1.82) is 0 Å². The van der Waals surface area contributed by atoms with E-state index in [1.165, 1.54) is 13.3 Å². The van der Waals surface area contributed by atoms with Crippen LogP contribution in [0.15, 0.2) is 42.6 Å². The van der Waals surface area contributed by atoms with Gasteiger partial charge in [-0.3, -0.25) is 9.59 Å². The summed E-state index contributed by atoms with van der Waals surface area (Å²) < 4.78 is 4.99. The molecule has 1 saturated heterocycles. The molecule has 0 spiro atoms. The number of anilines is 1. The molecule has 1 aromatic heterocycles. The van der Waals surface area contributed by atoms with Crippen LogP contribution in [0.25, 0.3) is 0 Å². The van der Waals surface area contributed by atoms with Crippen molar-refractivity contribution in [3.8, 4) is 5.88 Å². The number of carbonyl (C=O) groups is 2. The van der Waals surface area contributed by atoms with Crippen LogP contribution in [0.5, 0.6) is 5.88 Å². The Morgan fingerprint density at radius 1 is 1.26 bits per heavy atom. The van der Waals surface area contributed by atoms with Gasteiger partial charge in [0.1, 0.15) is 0 Å². The molecular weight excluding hydrogens is 344 g/mol. The van der Waals surface area contributed by atoms with Crippen LogP contribution >= 0.6 is 0 Å². The molecule has 27 heavy (non-hydrogen) atoms. The number of rotatable bonds is 6. The Morgan fingerprint density at radius 3 is 2.67 bits per heavy atom. The molecule has 142 valence electrons. The number of nitrogens with zero attached hydrogens (tertiary/aromatic N) is 2. The highest BCUT2D eigenvalue weighted by atomic mass is 16.5. The van der Waals surface area contributed by atoms with Crippen molar-refractivity contribution in [1.82, 2.24) is 10.3 Å². The van der Waals surface area contributed by atoms with E-state index < -0.39 is 0 Å². The molecule has 7 nitrogen and oxygen atoms in total. The van der Waals surface area contributed by atoms with Crippen molar-refractivity contribution in [3.05, 3.63) is 53.7 Å². The van der Waals surface area contributed by atoms with Gasteiger partial charge in [0, 0.05) is 37.6 Å². The monoisotopic (exact) mass is 368 g/mol. The van der Waals surface area contributed by atoms with E-state index in [1.54, 1.807) is 12.1 Å². The third-order valence-electron chi connectivity index (χ3n) is 4.79. The number of hydrogen-bond donors (Lipinski definition) is 2. The largest absolute Gasteiger partial charge is 0.481 e. The maximum Gasteiger partial charge on any atom is 0.253 e. The Balaban J connectivity index is 1.55. The van der Waals surface area contributed by atoms with E-state index in [0.29, 0.717) is 24.5 Å². The SMILES string of the molecule is COc1ccc(C(=O)NCc2ccc(N3CCC[C@H](C(N)=O)C3)cc2)cn1. The molecule has 0 saturated carbocycles. The highest BCUT2D eigenvalue weighted by Gasteiger charge is 2.24. The van der Waals surface area contributed by atoms with E-state index in [0.717, 1.165) is 30.6 Å². The molecule has 3 N–H and O–H groups in total. The first kappa shape index (κ1) is 18.7. The molecule has 7 heteroatoms. The summed E-state index contributed by atoms with van der Waals surface area (Å²) in [4.78, 5) is 29.8. The molecule has 0 bridgehead atoms. The number of piperidine rings is 1. The number of nitrogens with two attached hydrogens (primary N) is 1. The fourth-order valence-electron chi connectivity index (χ4n) is 3.19. The van der Waals surface area contributed by atoms with Crippen LogP contribution in [0.3, 0.4) is 0 Å². The maximum atomic E-state index is 12.2. The second-order valence-electron chi connectivity index (χ2n) is 6.63. The van der Waals surface area contributed by atoms with Crippen LogP contribution in [-0.4, -0.2) is 37.0 Å². The number of amides is 2. The van der Waals surface area contributed by atoms with Crippen LogP contribution in [0.4, 0.5) is 5.69 Å². The zero-order valence-corrected chi connectivity index (χ0v) is 15.4. The summed E-state index contributed by atoms with van der Waals surface area (Å²) >= 11 is 0. The average molecular weight is 368 g/mol. The molecule has 1 aromatic carbocycles. The molecule has 2 heterocycles. The van der Waals surface area contributed by atoms with Gasteiger partial charge in [-0.25, -0.2) is 4.98 Å². The molecule has 2 amide bonds. The summed E-state index contributed by atoms with van der Waals surface area (Å²) in [6.45, 7) is 2.01. The van der Waals surface area contributed by atoms with Gasteiger partial charge in [-0.1, -0.05) is 12.1 Å².